The first-order valence-electron chi connectivity index (χ1n) is 7.60. The molecule has 1 aromatic heterocycles. The molecule has 1 aliphatic rings. The lowest BCUT2D eigenvalue weighted by Crippen LogP contribution is -2.43. The lowest BCUT2D eigenvalue weighted by molar-refractivity contribution is -0.0859. The summed E-state index contributed by atoms with van der Waals surface area (Å²) in [5.41, 5.74) is -4.04. The highest BCUT2D eigenvalue weighted by molar-refractivity contribution is 7.66. The highest BCUT2D eigenvalue weighted by Crippen LogP contribution is 2.66. The molecule has 0 bridgehead atoms. The number of nitrogens with one attached hydrogen (secondary N) is 2. The lowest BCUT2D eigenvalue weighted by atomic mass is 9.90. The zero-order chi connectivity index (χ0) is 23.1. The highest BCUT2D eigenvalue weighted by Gasteiger charge is 2.54. The number of aromatic nitrogens is 2. The van der Waals surface area contributed by atoms with E-state index >= 15 is 0 Å². The van der Waals surface area contributed by atoms with Gasteiger partial charge in [-0.15, -0.1) is 0 Å². The van der Waals surface area contributed by atoms with E-state index in [1.54, 1.807) is 0 Å². The van der Waals surface area contributed by atoms with Crippen LogP contribution in [-0.2, 0) is 37.2 Å². The third kappa shape index (κ3) is 6.02. The number of aliphatic hydroxyl groups excluding tert-OH is 2. The molecular weight excluding hydrogens is 481 g/mol. The van der Waals surface area contributed by atoms with Crippen molar-refractivity contribution in [3.05, 3.63) is 32.6 Å². The van der Waals surface area contributed by atoms with Gasteiger partial charge in [0, 0.05) is 6.20 Å². The van der Waals surface area contributed by atoms with E-state index in [-0.39, 0.29) is 5.56 Å². The molecule has 1 aromatic rings. The molecule has 1 aliphatic heterocycles. The predicted molar refractivity (Wildman–Crippen MR) is 91.7 cm³/mol. The van der Waals surface area contributed by atoms with E-state index in [0.717, 1.165) is 13.1 Å². The van der Waals surface area contributed by atoms with Crippen molar-refractivity contribution in [2.24, 2.45) is 0 Å². The van der Waals surface area contributed by atoms with Crippen molar-refractivity contribution in [3.63, 3.8) is 0 Å². The molecule has 2 rings (SSSR count). The van der Waals surface area contributed by atoms with E-state index < -0.39 is 65.2 Å². The topological polar surface area (TPSA) is 275 Å². The first kappa shape index (κ1) is 25.2. The number of phosphoric acid groups is 3. The van der Waals surface area contributed by atoms with Gasteiger partial charge in [-0.05, 0) is 6.92 Å². The second-order valence-electron chi connectivity index (χ2n) is 6.07. The molecule has 2 unspecified atom stereocenters. The molecule has 172 valence electrons. The van der Waals surface area contributed by atoms with Crippen LogP contribution in [0.4, 0.5) is 0 Å². The molecule has 0 aliphatic carbocycles. The molecular formula is C10H17N2O15P3. The van der Waals surface area contributed by atoms with Crippen LogP contribution >= 0.6 is 23.5 Å². The highest BCUT2D eigenvalue weighted by atomic mass is 31.3. The van der Waals surface area contributed by atoms with Crippen LogP contribution in [-0.4, -0.2) is 64.7 Å². The van der Waals surface area contributed by atoms with Crippen LogP contribution in [0.5, 0.6) is 0 Å². The maximum atomic E-state index is 12.0. The molecule has 20 heteroatoms. The first-order valence-corrected chi connectivity index (χ1v) is 12.1. The van der Waals surface area contributed by atoms with E-state index in [0.29, 0.717) is 0 Å². The minimum Gasteiger partial charge on any atom is -0.387 e. The van der Waals surface area contributed by atoms with Gasteiger partial charge in [0.25, 0.3) is 5.56 Å². The minimum absolute atomic E-state index is 0.311. The third-order valence-electron chi connectivity index (χ3n) is 3.84. The number of rotatable bonds is 8. The van der Waals surface area contributed by atoms with Gasteiger partial charge in [0.2, 0.25) is 0 Å². The van der Waals surface area contributed by atoms with Crippen molar-refractivity contribution < 1.29 is 61.4 Å². The summed E-state index contributed by atoms with van der Waals surface area (Å²) in [5.74, 6) is 0. The van der Waals surface area contributed by atoms with Crippen LogP contribution < -0.4 is 11.2 Å². The summed E-state index contributed by atoms with van der Waals surface area (Å²) >= 11 is 0. The Morgan fingerprint density at radius 3 is 2.23 bits per heavy atom. The molecule has 0 amide bonds. The fourth-order valence-corrected chi connectivity index (χ4v) is 5.62. The number of aliphatic hydroxyl groups is 2. The summed E-state index contributed by atoms with van der Waals surface area (Å²) < 4.78 is 50.3. The Labute approximate surface area is 165 Å². The number of aromatic amines is 2. The van der Waals surface area contributed by atoms with Gasteiger partial charge in [-0.3, -0.25) is 14.3 Å². The number of hydrogen-bond donors (Lipinski definition) is 8. The van der Waals surface area contributed by atoms with E-state index in [2.05, 4.69) is 18.1 Å². The predicted octanol–water partition coefficient (Wildman–Crippen LogP) is -2.26. The van der Waals surface area contributed by atoms with Gasteiger partial charge in [-0.1, -0.05) is 0 Å². The Hall–Kier alpha value is -1.03. The van der Waals surface area contributed by atoms with Gasteiger partial charge in [0.1, 0.15) is 23.9 Å². The second kappa shape index (κ2) is 8.48. The SMILES string of the molecule is C[C@@]1(c2c[nH]c(=O)[nH]c2=O)O[C@H](COP(=O)(O)OP(=O)(O)OP(=O)(O)O)[C@@H](O)[C@H]1O. The van der Waals surface area contributed by atoms with E-state index in [1.807, 2.05) is 4.98 Å². The summed E-state index contributed by atoms with van der Waals surface area (Å²) in [5, 5.41) is 20.3. The monoisotopic (exact) mass is 498 g/mol. The molecule has 1 fully saturated rings. The van der Waals surface area contributed by atoms with Gasteiger partial charge in [-0.25, -0.2) is 18.5 Å². The zero-order valence-electron chi connectivity index (χ0n) is 14.7. The summed E-state index contributed by atoms with van der Waals surface area (Å²) in [6, 6.07) is 0. The largest absolute Gasteiger partial charge is 0.490 e. The maximum absolute atomic E-state index is 12.0. The standard InChI is InChI=1S/C10H17N2O15P3/c1-10(4-2-11-9(16)12-8(4)15)7(14)6(13)5(25-10)3-24-29(20,21)27-30(22,23)26-28(17,18)19/h2,5-7,13-14H,3H2,1H3,(H,20,21)(H,22,23)(H2,17,18,19)(H2,11,12,15,16)/t5-,6-,7-,10+/m1/s1. The molecule has 0 spiro atoms. The van der Waals surface area contributed by atoms with Crippen LogP contribution in [0.1, 0.15) is 12.5 Å². The number of ether oxygens (including phenoxy) is 1. The molecule has 0 saturated carbocycles. The Bertz CT molecular complexity index is 1050. The van der Waals surface area contributed by atoms with Crippen molar-refractivity contribution >= 4 is 23.5 Å². The van der Waals surface area contributed by atoms with E-state index in [1.165, 1.54) is 0 Å². The Morgan fingerprint density at radius 2 is 1.70 bits per heavy atom. The number of H-pyrrole nitrogens is 2. The van der Waals surface area contributed by atoms with Crippen molar-refractivity contribution in [2.75, 3.05) is 6.61 Å². The fourth-order valence-electron chi connectivity index (χ4n) is 2.59. The first-order chi connectivity index (χ1) is 13.5. The average molecular weight is 498 g/mol. The maximum Gasteiger partial charge on any atom is 0.490 e. The van der Waals surface area contributed by atoms with Crippen molar-refractivity contribution in [2.45, 2.75) is 30.8 Å². The third-order valence-corrected chi connectivity index (χ3v) is 7.64. The molecule has 17 nitrogen and oxygen atoms in total. The Kier molecular flexibility index (Phi) is 7.14. The van der Waals surface area contributed by atoms with E-state index in [9.17, 15) is 38.4 Å². The van der Waals surface area contributed by atoms with Crippen molar-refractivity contribution in [1.29, 1.82) is 0 Å². The van der Waals surface area contributed by atoms with Crippen LogP contribution in [0.3, 0.4) is 0 Å². The Balaban J connectivity index is 2.13. The van der Waals surface area contributed by atoms with Crippen LogP contribution in [0.15, 0.2) is 15.8 Å². The molecule has 1 saturated heterocycles. The van der Waals surface area contributed by atoms with Crippen LogP contribution in [0, 0.1) is 0 Å². The van der Waals surface area contributed by atoms with Gasteiger partial charge in [0.05, 0.1) is 12.2 Å². The second-order valence-corrected chi connectivity index (χ2v) is 10.5. The number of phosphoric ester groups is 1. The summed E-state index contributed by atoms with van der Waals surface area (Å²) in [7, 11) is -16.8. The van der Waals surface area contributed by atoms with Crippen LogP contribution in [0.25, 0.3) is 0 Å². The molecule has 2 heterocycles. The number of hydrogen-bond acceptors (Lipinski definition) is 11. The molecule has 0 radical (unpaired) electrons. The van der Waals surface area contributed by atoms with Crippen molar-refractivity contribution in [1.82, 2.24) is 9.97 Å². The summed E-state index contributed by atoms with van der Waals surface area (Å²) in [6.45, 7) is 0.105. The molecule has 0 aromatic carbocycles. The molecule has 8 N–H and O–H groups in total. The fraction of sp³-hybridized carbons (Fsp3) is 0.600. The normalized spacial score (nSPS) is 31.2. The summed E-state index contributed by atoms with van der Waals surface area (Å²) in [4.78, 5) is 62.5. The zero-order valence-corrected chi connectivity index (χ0v) is 17.4. The quantitative estimate of drug-likeness (QED) is 0.176. The molecule has 30 heavy (non-hydrogen) atoms. The minimum atomic E-state index is -5.74. The smallest absolute Gasteiger partial charge is 0.387 e. The van der Waals surface area contributed by atoms with Gasteiger partial charge < -0.3 is 39.5 Å². The van der Waals surface area contributed by atoms with E-state index in [4.69, 9.17) is 19.4 Å². The van der Waals surface area contributed by atoms with Gasteiger partial charge in [0.15, 0.2) is 0 Å². The van der Waals surface area contributed by atoms with Crippen LogP contribution in [0.2, 0.25) is 0 Å². The molecule has 6 atom stereocenters. The average Bonchev–Trinajstić information content (AvgIpc) is 2.74. The summed E-state index contributed by atoms with van der Waals surface area (Å²) in [6.07, 6.45) is -4.28. The Morgan fingerprint density at radius 1 is 1.10 bits per heavy atom. The van der Waals surface area contributed by atoms with Gasteiger partial charge >= 0.3 is 29.2 Å². The van der Waals surface area contributed by atoms with Gasteiger partial charge in [-0.2, -0.15) is 8.62 Å². The lowest BCUT2D eigenvalue weighted by Gasteiger charge is -2.26. The van der Waals surface area contributed by atoms with Crippen molar-refractivity contribution in [3.8, 4) is 0 Å².